The molecule has 1 spiro atoms. The van der Waals surface area contributed by atoms with E-state index in [1.54, 1.807) is 4.90 Å². The molecule has 1 saturated heterocycles. The highest BCUT2D eigenvalue weighted by molar-refractivity contribution is 5.96. The average Bonchev–Trinajstić information content (AvgIpc) is 2.90. The lowest BCUT2D eigenvalue weighted by Crippen LogP contribution is -2.42. The van der Waals surface area contributed by atoms with Gasteiger partial charge in [0, 0.05) is 13.1 Å². The first kappa shape index (κ1) is 13.4. The number of carbonyl (C=O) groups excluding carboxylic acids is 1. The van der Waals surface area contributed by atoms with Crippen molar-refractivity contribution in [1.29, 1.82) is 0 Å². The van der Waals surface area contributed by atoms with E-state index in [9.17, 15) is 14.3 Å². The molecule has 0 atom stereocenters. The van der Waals surface area contributed by atoms with E-state index in [1.807, 2.05) is 0 Å². The Hall–Kier alpha value is -1.58. The van der Waals surface area contributed by atoms with Gasteiger partial charge in [-0.25, -0.2) is 4.39 Å². The third kappa shape index (κ3) is 2.39. The molecule has 0 unspecified atom stereocenters. The fourth-order valence-corrected chi connectivity index (χ4v) is 3.66. The van der Waals surface area contributed by atoms with Crippen LogP contribution in [0.4, 0.5) is 4.39 Å². The maximum Gasteiger partial charge on any atom is 0.257 e. The summed E-state index contributed by atoms with van der Waals surface area (Å²) in [6.45, 7) is 1.43. The van der Waals surface area contributed by atoms with E-state index in [2.05, 4.69) is 0 Å². The minimum atomic E-state index is -0.490. The number of phenols is 1. The van der Waals surface area contributed by atoms with Crippen LogP contribution in [0.25, 0.3) is 0 Å². The molecule has 4 heteroatoms. The van der Waals surface area contributed by atoms with Gasteiger partial charge in [0.25, 0.3) is 5.91 Å². The number of nitrogens with zero attached hydrogens (tertiary/aromatic N) is 1. The van der Waals surface area contributed by atoms with Gasteiger partial charge in [-0.3, -0.25) is 4.79 Å². The molecule has 0 radical (unpaired) electrons. The lowest BCUT2D eigenvalue weighted by molar-refractivity contribution is 0.0584. The minimum Gasteiger partial charge on any atom is -0.507 e. The number of benzene rings is 1. The maximum absolute atomic E-state index is 13.2. The first-order valence-electron chi connectivity index (χ1n) is 7.38. The molecule has 108 valence electrons. The topological polar surface area (TPSA) is 40.5 Å². The van der Waals surface area contributed by atoms with Crippen molar-refractivity contribution >= 4 is 5.91 Å². The fourth-order valence-electron chi connectivity index (χ4n) is 3.66. The summed E-state index contributed by atoms with van der Waals surface area (Å²) in [5, 5.41) is 9.73. The van der Waals surface area contributed by atoms with Gasteiger partial charge in [-0.15, -0.1) is 0 Å². The highest BCUT2D eigenvalue weighted by atomic mass is 19.1. The van der Waals surface area contributed by atoms with E-state index in [-0.39, 0.29) is 17.2 Å². The zero-order valence-corrected chi connectivity index (χ0v) is 11.6. The first-order chi connectivity index (χ1) is 9.60. The molecule has 1 saturated carbocycles. The molecule has 3 nitrogen and oxygen atoms in total. The molecule has 1 N–H and O–H groups in total. The number of amides is 1. The predicted molar refractivity (Wildman–Crippen MR) is 74.1 cm³/mol. The van der Waals surface area contributed by atoms with E-state index < -0.39 is 5.82 Å². The van der Waals surface area contributed by atoms with Gasteiger partial charge < -0.3 is 10.0 Å². The molecular weight excluding hydrogens is 257 g/mol. The third-order valence-corrected chi connectivity index (χ3v) is 4.96. The number of halogens is 1. The Morgan fingerprint density at radius 2 is 1.80 bits per heavy atom. The van der Waals surface area contributed by atoms with Gasteiger partial charge in [0.05, 0.1) is 5.56 Å². The fraction of sp³-hybridized carbons (Fsp3) is 0.562. The largest absolute Gasteiger partial charge is 0.507 e. The monoisotopic (exact) mass is 277 g/mol. The average molecular weight is 277 g/mol. The van der Waals surface area contributed by atoms with Crippen LogP contribution in [0.1, 0.15) is 48.9 Å². The van der Waals surface area contributed by atoms with E-state index in [0.29, 0.717) is 5.41 Å². The molecular formula is C16H20FNO2. The van der Waals surface area contributed by atoms with Crippen molar-refractivity contribution in [3.05, 3.63) is 29.6 Å². The standard InChI is InChI=1S/C16H20FNO2/c17-12-3-4-14(19)13(11-12)15(20)18-9-7-16(8-10-18)5-1-2-6-16/h3-4,11,19H,1-2,5-10H2. The Morgan fingerprint density at radius 1 is 1.15 bits per heavy atom. The number of likely N-dealkylation sites (tertiary alicyclic amines) is 1. The highest BCUT2D eigenvalue weighted by Crippen LogP contribution is 2.46. The van der Waals surface area contributed by atoms with Crippen LogP contribution < -0.4 is 0 Å². The van der Waals surface area contributed by atoms with Crippen LogP contribution in [-0.2, 0) is 0 Å². The molecule has 3 rings (SSSR count). The van der Waals surface area contributed by atoms with Crippen molar-refractivity contribution in [2.24, 2.45) is 5.41 Å². The lowest BCUT2D eigenvalue weighted by Gasteiger charge is -2.39. The van der Waals surface area contributed by atoms with Gasteiger partial charge in [-0.05, 0) is 49.3 Å². The summed E-state index contributed by atoms with van der Waals surface area (Å²) in [6, 6.07) is 3.53. The molecule has 1 amide bonds. The van der Waals surface area contributed by atoms with Crippen LogP contribution in [-0.4, -0.2) is 29.0 Å². The summed E-state index contributed by atoms with van der Waals surface area (Å²) in [6.07, 6.45) is 7.24. The second-order valence-corrected chi connectivity index (χ2v) is 6.16. The van der Waals surface area contributed by atoms with Crippen LogP contribution in [0.2, 0.25) is 0 Å². The second kappa shape index (κ2) is 5.08. The van der Waals surface area contributed by atoms with Crippen molar-refractivity contribution in [3.8, 4) is 5.75 Å². The van der Waals surface area contributed by atoms with E-state index in [0.717, 1.165) is 38.1 Å². The van der Waals surface area contributed by atoms with Crippen molar-refractivity contribution in [1.82, 2.24) is 4.90 Å². The smallest absolute Gasteiger partial charge is 0.257 e. The molecule has 1 heterocycles. The zero-order valence-electron chi connectivity index (χ0n) is 11.6. The number of rotatable bonds is 1. The van der Waals surface area contributed by atoms with Gasteiger partial charge in [-0.2, -0.15) is 0 Å². The van der Waals surface area contributed by atoms with Gasteiger partial charge in [0.1, 0.15) is 11.6 Å². The van der Waals surface area contributed by atoms with E-state index in [1.165, 1.54) is 31.7 Å². The number of phenolic OH excluding ortho intramolecular Hbond substituents is 1. The summed E-state index contributed by atoms with van der Waals surface area (Å²) in [7, 11) is 0. The van der Waals surface area contributed by atoms with Gasteiger partial charge in [-0.1, -0.05) is 12.8 Å². The van der Waals surface area contributed by atoms with Crippen LogP contribution in [0.15, 0.2) is 18.2 Å². The Bertz CT molecular complexity index is 513. The molecule has 2 aliphatic rings. The van der Waals surface area contributed by atoms with Crippen molar-refractivity contribution in [3.63, 3.8) is 0 Å². The Balaban J connectivity index is 1.71. The third-order valence-electron chi connectivity index (χ3n) is 4.96. The minimum absolute atomic E-state index is 0.0763. The summed E-state index contributed by atoms with van der Waals surface area (Å²) in [5.41, 5.74) is 0.521. The molecule has 0 aromatic heterocycles. The molecule has 20 heavy (non-hydrogen) atoms. The van der Waals surface area contributed by atoms with Crippen molar-refractivity contribution in [2.45, 2.75) is 38.5 Å². The highest BCUT2D eigenvalue weighted by Gasteiger charge is 2.38. The Labute approximate surface area is 118 Å². The van der Waals surface area contributed by atoms with Crippen LogP contribution >= 0.6 is 0 Å². The van der Waals surface area contributed by atoms with Crippen molar-refractivity contribution < 1.29 is 14.3 Å². The molecule has 1 aromatic rings. The Kier molecular flexibility index (Phi) is 3.40. The SMILES string of the molecule is O=C(c1cc(F)ccc1O)N1CCC2(CCCC2)CC1. The summed E-state index contributed by atoms with van der Waals surface area (Å²) < 4.78 is 13.2. The second-order valence-electron chi connectivity index (χ2n) is 6.16. The molecule has 1 aliphatic carbocycles. The summed E-state index contributed by atoms with van der Waals surface area (Å²) in [4.78, 5) is 14.1. The van der Waals surface area contributed by atoms with E-state index in [4.69, 9.17) is 0 Å². The molecule has 2 fully saturated rings. The number of piperidine rings is 1. The maximum atomic E-state index is 13.2. The summed E-state index contributed by atoms with van der Waals surface area (Å²) >= 11 is 0. The van der Waals surface area contributed by atoms with Crippen LogP contribution in [0.5, 0.6) is 5.75 Å². The predicted octanol–water partition coefficient (Wildman–Crippen LogP) is 3.33. The Morgan fingerprint density at radius 3 is 2.45 bits per heavy atom. The number of aromatic hydroxyl groups is 1. The quantitative estimate of drug-likeness (QED) is 0.855. The van der Waals surface area contributed by atoms with Gasteiger partial charge in [0.2, 0.25) is 0 Å². The lowest BCUT2D eigenvalue weighted by atomic mass is 9.77. The van der Waals surface area contributed by atoms with Crippen LogP contribution in [0.3, 0.4) is 0 Å². The molecule has 1 aliphatic heterocycles. The van der Waals surface area contributed by atoms with Gasteiger partial charge in [0.15, 0.2) is 0 Å². The van der Waals surface area contributed by atoms with Gasteiger partial charge >= 0.3 is 0 Å². The van der Waals surface area contributed by atoms with Crippen molar-refractivity contribution in [2.75, 3.05) is 13.1 Å². The zero-order chi connectivity index (χ0) is 14.2. The first-order valence-corrected chi connectivity index (χ1v) is 7.38. The van der Waals surface area contributed by atoms with Crippen LogP contribution in [0, 0.1) is 11.2 Å². The van der Waals surface area contributed by atoms with E-state index >= 15 is 0 Å². The number of carbonyl (C=O) groups is 1. The summed E-state index contributed by atoms with van der Waals surface area (Å²) in [5.74, 6) is -0.886. The number of hydrogen-bond acceptors (Lipinski definition) is 2. The molecule has 0 bridgehead atoms. The molecule has 1 aromatic carbocycles. The number of hydrogen-bond donors (Lipinski definition) is 1. The normalized spacial score (nSPS) is 21.4.